The van der Waals surface area contributed by atoms with Crippen molar-refractivity contribution in [3.05, 3.63) is 41.7 Å². The normalized spacial score (nSPS) is 19.4. The van der Waals surface area contributed by atoms with Crippen LogP contribution in [0.4, 0.5) is 0 Å². The lowest BCUT2D eigenvalue weighted by Crippen LogP contribution is -2.11. The van der Waals surface area contributed by atoms with Crippen molar-refractivity contribution in [1.29, 1.82) is 0 Å². The second-order valence-electron chi connectivity index (χ2n) is 4.97. The van der Waals surface area contributed by atoms with E-state index in [1.807, 2.05) is 6.07 Å². The predicted octanol–water partition coefficient (Wildman–Crippen LogP) is 2.65. The van der Waals surface area contributed by atoms with Crippen LogP contribution in [-0.2, 0) is 13.0 Å². The molecule has 0 saturated carbocycles. The molecule has 1 heterocycles. The maximum absolute atomic E-state index is 5.92. The maximum Gasteiger partial charge on any atom is 0.113 e. The second-order valence-corrected chi connectivity index (χ2v) is 4.97. The molecule has 0 spiro atoms. The number of benzene rings is 1. The molecule has 3 heteroatoms. The Hall–Kier alpha value is -1.61. The molecule has 1 aromatic heterocycles. The summed E-state index contributed by atoms with van der Waals surface area (Å²) in [5.74, 6) is 1.17. The average Bonchev–Trinajstić information content (AvgIpc) is 2.92. The van der Waals surface area contributed by atoms with Crippen molar-refractivity contribution in [3.63, 3.8) is 0 Å². The quantitative estimate of drug-likeness (QED) is 0.839. The van der Waals surface area contributed by atoms with Crippen molar-refractivity contribution < 1.29 is 0 Å². The third kappa shape index (κ3) is 1.95. The standard InChI is InChI=1S/C15H19N3/c1-2-18-14-6-4-3-5-13(14)17-15(18)10-11-7-8-12(16)9-11/h3-6,9,12H,2,7-8,10,16H2,1H3. The van der Waals surface area contributed by atoms with Crippen LogP contribution in [0.15, 0.2) is 35.9 Å². The molecule has 94 valence electrons. The molecule has 3 nitrogen and oxygen atoms in total. The van der Waals surface area contributed by atoms with Gasteiger partial charge in [-0.05, 0) is 31.9 Å². The van der Waals surface area contributed by atoms with Crippen LogP contribution < -0.4 is 5.73 Å². The van der Waals surface area contributed by atoms with Crippen molar-refractivity contribution in [2.75, 3.05) is 0 Å². The summed E-state index contributed by atoms with van der Waals surface area (Å²) >= 11 is 0. The van der Waals surface area contributed by atoms with E-state index in [1.54, 1.807) is 0 Å². The molecule has 0 bridgehead atoms. The minimum absolute atomic E-state index is 0.249. The molecular formula is C15H19N3. The first-order chi connectivity index (χ1) is 8.78. The Bertz CT molecular complexity index is 595. The maximum atomic E-state index is 5.92. The highest BCUT2D eigenvalue weighted by atomic mass is 15.1. The summed E-state index contributed by atoms with van der Waals surface area (Å²) in [4.78, 5) is 4.75. The summed E-state index contributed by atoms with van der Waals surface area (Å²) in [6, 6.07) is 8.60. The SMILES string of the molecule is CCn1c(CC2=CC(N)CC2)nc2ccccc21. The number of nitrogens with two attached hydrogens (primary N) is 1. The largest absolute Gasteiger partial charge is 0.328 e. The molecule has 2 N–H and O–H groups in total. The third-order valence-corrected chi connectivity index (χ3v) is 3.68. The third-order valence-electron chi connectivity index (χ3n) is 3.68. The number of hydrogen-bond donors (Lipinski definition) is 1. The molecule has 1 aliphatic rings. The molecule has 1 unspecified atom stereocenters. The molecule has 1 aromatic carbocycles. The van der Waals surface area contributed by atoms with Gasteiger partial charge in [-0.15, -0.1) is 0 Å². The van der Waals surface area contributed by atoms with E-state index >= 15 is 0 Å². The van der Waals surface area contributed by atoms with Crippen LogP contribution >= 0.6 is 0 Å². The first kappa shape index (κ1) is 11.5. The average molecular weight is 241 g/mol. The number of allylic oxidation sites excluding steroid dienone is 1. The van der Waals surface area contributed by atoms with Crippen molar-refractivity contribution in [2.24, 2.45) is 5.73 Å². The fraction of sp³-hybridized carbons (Fsp3) is 0.400. The molecule has 18 heavy (non-hydrogen) atoms. The van der Waals surface area contributed by atoms with E-state index in [-0.39, 0.29) is 6.04 Å². The van der Waals surface area contributed by atoms with Crippen LogP contribution in [0.3, 0.4) is 0 Å². The Labute approximate surface area is 107 Å². The van der Waals surface area contributed by atoms with Gasteiger partial charge >= 0.3 is 0 Å². The highest BCUT2D eigenvalue weighted by Crippen LogP contribution is 2.23. The lowest BCUT2D eigenvalue weighted by Gasteiger charge is -2.06. The topological polar surface area (TPSA) is 43.8 Å². The molecule has 1 atom stereocenters. The molecule has 0 saturated heterocycles. The molecule has 0 fully saturated rings. The van der Waals surface area contributed by atoms with Gasteiger partial charge in [-0.1, -0.05) is 23.8 Å². The number of para-hydroxylation sites is 2. The summed E-state index contributed by atoms with van der Waals surface area (Å²) < 4.78 is 2.31. The van der Waals surface area contributed by atoms with Gasteiger partial charge in [0.25, 0.3) is 0 Å². The lowest BCUT2D eigenvalue weighted by molar-refractivity contribution is 0.719. The smallest absolute Gasteiger partial charge is 0.113 e. The van der Waals surface area contributed by atoms with Crippen LogP contribution in [0.25, 0.3) is 11.0 Å². The molecule has 0 radical (unpaired) electrons. The zero-order chi connectivity index (χ0) is 12.5. The summed E-state index contributed by atoms with van der Waals surface area (Å²) in [7, 11) is 0. The fourth-order valence-electron chi connectivity index (χ4n) is 2.79. The fourth-order valence-corrected chi connectivity index (χ4v) is 2.79. The van der Waals surface area contributed by atoms with E-state index in [9.17, 15) is 0 Å². The van der Waals surface area contributed by atoms with Crippen molar-refractivity contribution in [3.8, 4) is 0 Å². The number of nitrogens with zero attached hydrogens (tertiary/aromatic N) is 2. The Morgan fingerprint density at radius 1 is 1.39 bits per heavy atom. The second kappa shape index (κ2) is 4.58. The number of aromatic nitrogens is 2. The van der Waals surface area contributed by atoms with Crippen LogP contribution in [0, 0.1) is 0 Å². The number of aryl methyl sites for hydroxylation is 1. The first-order valence-electron chi connectivity index (χ1n) is 6.67. The van der Waals surface area contributed by atoms with Crippen LogP contribution in [0.5, 0.6) is 0 Å². The summed E-state index contributed by atoms with van der Waals surface area (Å²) in [6.07, 6.45) is 5.35. The van der Waals surface area contributed by atoms with Crippen molar-refractivity contribution in [2.45, 2.75) is 38.8 Å². The van der Waals surface area contributed by atoms with Gasteiger partial charge in [-0.2, -0.15) is 0 Å². The zero-order valence-electron chi connectivity index (χ0n) is 10.8. The van der Waals surface area contributed by atoms with E-state index in [1.165, 1.54) is 16.9 Å². The number of hydrogen-bond acceptors (Lipinski definition) is 2. The lowest BCUT2D eigenvalue weighted by atomic mass is 10.1. The monoisotopic (exact) mass is 241 g/mol. The van der Waals surface area contributed by atoms with E-state index in [0.717, 1.165) is 31.3 Å². The molecule has 0 aliphatic heterocycles. The number of fused-ring (bicyclic) bond motifs is 1. The van der Waals surface area contributed by atoms with Crippen LogP contribution in [0.2, 0.25) is 0 Å². The van der Waals surface area contributed by atoms with Gasteiger partial charge in [0.05, 0.1) is 11.0 Å². The van der Waals surface area contributed by atoms with Gasteiger partial charge < -0.3 is 10.3 Å². The van der Waals surface area contributed by atoms with Gasteiger partial charge in [0, 0.05) is 19.0 Å². The summed E-state index contributed by atoms with van der Waals surface area (Å²) in [6.45, 7) is 3.14. The van der Waals surface area contributed by atoms with Crippen LogP contribution in [0.1, 0.15) is 25.6 Å². The predicted molar refractivity (Wildman–Crippen MR) is 74.4 cm³/mol. The molecule has 2 aromatic rings. The summed E-state index contributed by atoms with van der Waals surface area (Å²) in [5, 5.41) is 0. The van der Waals surface area contributed by atoms with Gasteiger partial charge in [-0.25, -0.2) is 4.98 Å². The molecule has 0 amide bonds. The Morgan fingerprint density at radius 3 is 2.94 bits per heavy atom. The zero-order valence-corrected chi connectivity index (χ0v) is 10.8. The van der Waals surface area contributed by atoms with Gasteiger partial charge in [0.15, 0.2) is 0 Å². The Kier molecular flexibility index (Phi) is 2.92. The van der Waals surface area contributed by atoms with E-state index in [0.29, 0.717) is 0 Å². The highest BCUT2D eigenvalue weighted by molar-refractivity contribution is 5.75. The molecule has 1 aliphatic carbocycles. The minimum Gasteiger partial charge on any atom is -0.328 e. The van der Waals surface area contributed by atoms with E-state index in [4.69, 9.17) is 10.7 Å². The first-order valence-corrected chi connectivity index (χ1v) is 6.67. The number of imidazole rings is 1. The van der Waals surface area contributed by atoms with Gasteiger partial charge in [0.1, 0.15) is 5.82 Å². The minimum atomic E-state index is 0.249. The van der Waals surface area contributed by atoms with Gasteiger partial charge in [0.2, 0.25) is 0 Å². The van der Waals surface area contributed by atoms with E-state index in [2.05, 4.69) is 35.8 Å². The Morgan fingerprint density at radius 2 is 2.22 bits per heavy atom. The Balaban J connectivity index is 1.98. The molecule has 3 rings (SSSR count). The van der Waals surface area contributed by atoms with Crippen molar-refractivity contribution in [1.82, 2.24) is 9.55 Å². The van der Waals surface area contributed by atoms with E-state index < -0.39 is 0 Å². The van der Waals surface area contributed by atoms with Crippen LogP contribution in [-0.4, -0.2) is 15.6 Å². The highest BCUT2D eigenvalue weighted by Gasteiger charge is 2.15. The number of rotatable bonds is 3. The van der Waals surface area contributed by atoms with Crippen molar-refractivity contribution >= 4 is 11.0 Å². The summed E-state index contributed by atoms with van der Waals surface area (Å²) in [5.41, 5.74) is 9.69. The molecular weight excluding hydrogens is 222 g/mol. The van der Waals surface area contributed by atoms with Gasteiger partial charge in [-0.3, -0.25) is 0 Å².